The Kier molecular flexibility index (Phi) is 5.66. The van der Waals surface area contributed by atoms with Gasteiger partial charge in [0.2, 0.25) is 0 Å². The third-order valence-corrected chi connectivity index (χ3v) is 2.48. The van der Waals surface area contributed by atoms with Crippen LogP contribution in [0.1, 0.15) is 15.9 Å². The smallest absolute Gasteiger partial charge is 0.253 e. The van der Waals surface area contributed by atoms with Crippen molar-refractivity contribution in [1.82, 2.24) is 4.90 Å². The molecule has 1 aromatic rings. The maximum absolute atomic E-state index is 12.0. The number of carbonyl (C=O) groups is 1. The fourth-order valence-electron chi connectivity index (χ4n) is 1.40. The Bertz CT molecular complexity index is 349. The molecular formula is C13H20N2O2. The Balaban J connectivity index is 2.43. The van der Waals surface area contributed by atoms with E-state index >= 15 is 0 Å². The summed E-state index contributed by atoms with van der Waals surface area (Å²) in [5.74, 6) is 0.0151. The van der Waals surface area contributed by atoms with Crippen LogP contribution < -0.4 is 5.73 Å². The number of carbonyl (C=O) groups excluding carboxylic acids is 1. The first kappa shape index (κ1) is 13.7. The number of likely N-dealkylation sites (N-methyl/N-ethyl adjacent to an activating group) is 1. The Labute approximate surface area is 102 Å². The maximum atomic E-state index is 12.0. The molecule has 0 heterocycles. The molecule has 4 heteroatoms. The van der Waals surface area contributed by atoms with Crippen molar-refractivity contribution < 1.29 is 9.53 Å². The molecule has 4 nitrogen and oxygen atoms in total. The van der Waals surface area contributed by atoms with Gasteiger partial charge in [0.15, 0.2) is 0 Å². The molecule has 0 saturated heterocycles. The molecule has 0 radical (unpaired) electrons. The van der Waals surface area contributed by atoms with Gasteiger partial charge in [0.1, 0.15) is 0 Å². The molecule has 0 aliphatic carbocycles. The third kappa shape index (κ3) is 4.54. The number of nitrogens with zero attached hydrogens (tertiary/aromatic N) is 1. The first-order valence-electron chi connectivity index (χ1n) is 5.75. The van der Waals surface area contributed by atoms with E-state index in [9.17, 15) is 4.79 Å². The standard InChI is InChI=1S/C13H20N2O2/c1-11-3-5-12(6-4-11)13(16)15(2)8-10-17-9-7-14/h3-6H,7-10,14H2,1-2H3. The predicted molar refractivity (Wildman–Crippen MR) is 68.0 cm³/mol. The lowest BCUT2D eigenvalue weighted by molar-refractivity contribution is 0.0704. The molecule has 0 fully saturated rings. The number of rotatable bonds is 6. The molecule has 2 N–H and O–H groups in total. The molecule has 0 spiro atoms. The fraction of sp³-hybridized carbons (Fsp3) is 0.462. The van der Waals surface area contributed by atoms with Crippen molar-refractivity contribution in [3.8, 4) is 0 Å². The summed E-state index contributed by atoms with van der Waals surface area (Å²) in [7, 11) is 1.77. The molecule has 0 saturated carbocycles. The minimum atomic E-state index is 0.0151. The van der Waals surface area contributed by atoms with Gasteiger partial charge in [0, 0.05) is 25.7 Å². The van der Waals surface area contributed by atoms with Gasteiger partial charge in [-0.3, -0.25) is 4.79 Å². The molecule has 17 heavy (non-hydrogen) atoms. The lowest BCUT2D eigenvalue weighted by Crippen LogP contribution is -2.30. The van der Waals surface area contributed by atoms with E-state index in [2.05, 4.69) is 0 Å². The maximum Gasteiger partial charge on any atom is 0.253 e. The predicted octanol–water partition coefficient (Wildman–Crippen LogP) is 1.04. The molecule has 0 bridgehead atoms. The van der Waals surface area contributed by atoms with E-state index in [0.29, 0.717) is 31.9 Å². The second kappa shape index (κ2) is 7.04. The highest BCUT2D eigenvalue weighted by molar-refractivity contribution is 5.94. The lowest BCUT2D eigenvalue weighted by Gasteiger charge is -2.17. The number of benzene rings is 1. The Hall–Kier alpha value is -1.39. The molecule has 0 aromatic heterocycles. The summed E-state index contributed by atoms with van der Waals surface area (Å²) in [5.41, 5.74) is 7.16. The minimum absolute atomic E-state index is 0.0151. The van der Waals surface area contributed by atoms with Crippen LogP contribution in [0.2, 0.25) is 0 Å². The quantitative estimate of drug-likeness (QED) is 0.751. The molecule has 94 valence electrons. The van der Waals surface area contributed by atoms with Gasteiger partial charge in [0.25, 0.3) is 5.91 Å². The molecule has 0 aliphatic rings. The average Bonchev–Trinajstić information content (AvgIpc) is 2.34. The highest BCUT2D eigenvalue weighted by atomic mass is 16.5. The number of aryl methyl sites for hydroxylation is 1. The van der Waals surface area contributed by atoms with Crippen molar-refractivity contribution in [2.45, 2.75) is 6.92 Å². The highest BCUT2D eigenvalue weighted by Crippen LogP contribution is 2.05. The molecule has 0 aliphatic heterocycles. The largest absolute Gasteiger partial charge is 0.378 e. The number of nitrogens with two attached hydrogens (primary N) is 1. The number of hydrogen-bond acceptors (Lipinski definition) is 3. The number of amides is 1. The van der Waals surface area contributed by atoms with Gasteiger partial charge in [0.05, 0.1) is 13.2 Å². The zero-order valence-corrected chi connectivity index (χ0v) is 10.5. The zero-order valence-electron chi connectivity index (χ0n) is 10.5. The van der Waals surface area contributed by atoms with E-state index < -0.39 is 0 Å². The fourth-order valence-corrected chi connectivity index (χ4v) is 1.40. The van der Waals surface area contributed by atoms with E-state index in [0.717, 1.165) is 5.56 Å². The highest BCUT2D eigenvalue weighted by Gasteiger charge is 2.10. The SMILES string of the molecule is Cc1ccc(C(=O)N(C)CCOCCN)cc1. The van der Waals surface area contributed by atoms with Gasteiger partial charge < -0.3 is 15.4 Å². The molecule has 0 atom stereocenters. The topological polar surface area (TPSA) is 55.6 Å². The monoisotopic (exact) mass is 236 g/mol. The first-order chi connectivity index (χ1) is 8.15. The van der Waals surface area contributed by atoms with E-state index in [1.54, 1.807) is 11.9 Å². The third-order valence-electron chi connectivity index (χ3n) is 2.48. The van der Waals surface area contributed by atoms with Gasteiger partial charge in [-0.05, 0) is 19.1 Å². The minimum Gasteiger partial charge on any atom is -0.378 e. The van der Waals surface area contributed by atoms with Gasteiger partial charge in [-0.2, -0.15) is 0 Å². The van der Waals surface area contributed by atoms with Gasteiger partial charge >= 0.3 is 0 Å². The number of hydrogen-bond donors (Lipinski definition) is 1. The van der Waals surface area contributed by atoms with Gasteiger partial charge in [-0.1, -0.05) is 17.7 Å². The van der Waals surface area contributed by atoms with Gasteiger partial charge in [-0.15, -0.1) is 0 Å². The Morgan fingerprint density at radius 1 is 1.29 bits per heavy atom. The van der Waals surface area contributed by atoms with Crippen LogP contribution in [0.5, 0.6) is 0 Å². The van der Waals surface area contributed by atoms with Crippen molar-refractivity contribution in [2.24, 2.45) is 5.73 Å². The van der Waals surface area contributed by atoms with Crippen molar-refractivity contribution in [3.05, 3.63) is 35.4 Å². The van der Waals surface area contributed by atoms with Crippen LogP contribution in [-0.4, -0.2) is 44.2 Å². The average molecular weight is 236 g/mol. The number of ether oxygens (including phenoxy) is 1. The second-order valence-electron chi connectivity index (χ2n) is 3.99. The van der Waals surface area contributed by atoms with Crippen LogP contribution in [0.3, 0.4) is 0 Å². The molecule has 0 unspecified atom stereocenters. The normalized spacial score (nSPS) is 10.3. The zero-order chi connectivity index (χ0) is 12.7. The van der Waals surface area contributed by atoms with Crippen LogP contribution in [0, 0.1) is 6.92 Å². The van der Waals surface area contributed by atoms with E-state index in [1.807, 2.05) is 31.2 Å². The van der Waals surface area contributed by atoms with E-state index in [-0.39, 0.29) is 5.91 Å². The van der Waals surface area contributed by atoms with E-state index in [4.69, 9.17) is 10.5 Å². The van der Waals surface area contributed by atoms with Crippen LogP contribution in [0.15, 0.2) is 24.3 Å². The molecule has 1 amide bonds. The Morgan fingerprint density at radius 2 is 1.94 bits per heavy atom. The molecule has 1 aromatic carbocycles. The molecular weight excluding hydrogens is 216 g/mol. The van der Waals surface area contributed by atoms with Crippen LogP contribution in [0.25, 0.3) is 0 Å². The van der Waals surface area contributed by atoms with Crippen molar-refractivity contribution in [2.75, 3.05) is 33.4 Å². The van der Waals surface area contributed by atoms with Crippen LogP contribution in [-0.2, 0) is 4.74 Å². The summed E-state index contributed by atoms with van der Waals surface area (Å²) < 4.78 is 5.24. The summed E-state index contributed by atoms with van der Waals surface area (Å²) in [6.45, 7) is 4.14. The molecule has 1 rings (SSSR count). The lowest BCUT2D eigenvalue weighted by atomic mass is 10.1. The van der Waals surface area contributed by atoms with E-state index in [1.165, 1.54) is 0 Å². The summed E-state index contributed by atoms with van der Waals surface area (Å²) in [6.07, 6.45) is 0. The van der Waals surface area contributed by atoms with Crippen molar-refractivity contribution >= 4 is 5.91 Å². The second-order valence-corrected chi connectivity index (χ2v) is 3.99. The summed E-state index contributed by atoms with van der Waals surface area (Å²) in [6, 6.07) is 7.56. The van der Waals surface area contributed by atoms with Crippen molar-refractivity contribution in [1.29, 1.82) is 0 Å². The van der Waals surface area contributed by atoms with Crippen molar-refractivity contribution in [3.63, 3.8) is 0 Å². The Morgan fingerprint density at radius 3 is 2.53 bits per heavy atom. The summed E-state index contributed by atoms with van der Waals surface area (Å²) >= 11 is 0. The first-order valence-corrected chi connectivity index (χ1v) is 5.75. The summed E-state index contributed by atoms with van der Waals surface area (Å²) in [5, 5.41) is 0. The van der Waals surface area contributed by atoms with Crippen LogP contribution >= 0.6 is 0 Å². The summed E-state index contributed by atoms with van der Waals surface area (Å²) in [4.78, 5) is 13.6. The van der Waals surface area contributed by atoms with Crippen LogP contribution in [0.4, 0.5) is 0 Å². The van der Waals surface area contributed by atoms with Gasteiger partial charge in [-0.25, -0.2) is 0 Å².